The molecule has 84 valence electrons. The van der Waals surface area contributed by atoms with E-state index in [9.17, 15) is 0 Å². The van der Waals surface area contributed by atoms with Crippen molar-refractivity contribution in [2.75, 3.05) is 5.75 Å². The molecular weight excluding hydrogens is 268 g/mol. The molecule has 0 nitrogen and oxygen atoms in total. The van der Waals surface area contributed by atoms with Gasteiger partial charge in [0.2, 0.25) is 0 Å². The van der Waals surface area contributed by atoms with Crippen LogP contribution < -0.4 is 0 Å². The summed E-state index contributed by atoms with van der Waals surface area (Å²) in [5, 5.41) is 0. The monoisotopic (exact) mass is 286 g/mol. The second-order valence-corrected chi connectivity index (χ2v) is 6.50. The highest BCUT2D eigenvalue weighted by atomic mass is 79.9. The van der Waals surface area contributed by atoms with Crippen molar-refractivity contribution in [2.45, 2.75) is 38.5 Å². The van der Waals surface area contributed by atoms with Crippen LogP contribution in [0.1, 0.15) is 33.6 Å². The lowest BCUT2D eigenvalue weighted by Crippen LogP contribution is -2.13. The van der Waals surface area contributed by atoms with Crippen LogP contribution in [-0.2, 0) is 0 Å². The van der Waals surface area contributed by atoms with Crippen molar-refractivity contribution >= 4 is 27.7 Å². The van der Waals surface area contributed by atoms with Crippen molar-refractivity contribution < 1.29 is 0 Å². The number of rotatable bonds is 5. The van der Waals surface area contributed by atoms with E-state index in [4.69, 9.17) is 0 Å². The largest absolute Gasteiger partial charge is 0.124 e. The third kappa shape index (κ3) is 4.60. The van der Waals surface area contributed by atoms with Crippen LogP contribution >= 0.6 is 27.7 Å². The van der Waals surface area contributed by atoms with Crippen molar-refractivity contribution in [1.29, 1.82) is 0 Å². The van der Waals surface area contributed by atoms with Crippen LogP contribution in [0.5, 0.6) is 0 Å². The first-order valence-corrected chi connectivity index (χ1v) is 7.20. The average Bonchev–Trinajstić information content (AvgIpc) is 2.16. The van der Waals surface area contributed by atoms with Crippen molar-refractivity contribution in [1.82, 2.24) is 0 Å². The summed E-state index contributed by atoms with van der Waals surface area (Å²) in [6.07, 6.45) is 2.56. The Morgan fingerprint density at radius 2 is 1.93 bits per heavy atom. The predicted octanol–water partition coefficient (Wildman–Crippen LogP) is 5.37. The third-order valence-electron chi connectivity index (χ3n) is 2.38. The van der Waals surface area contributed by atoms with E-state index in [0.29, 0.717) is 5.41 Å². The maximum atomic E-state index is 3.58. The Bertz CT molecular complexity index is 307. The van der Waals surface area contributed by atoms with Crippen LogP contribution in [0, 0.1) is 5.41 Å². The molecule has 0 heterocycles. The molecule has 1 rings (SSSR count). The molecule has 0 aliphatic carbocycles. The van der Waals surface area contributed by atoms with Gasteiger partial charge in [0.1, 0.15) is 0 Å². The van der Waals surface area contributed by atoms with Gasteiger partial charge in [0.15, 0.2) is 0 Å². The Balaban J connectivity index is 2.53. The first-order valence-electron chi connectivity index (χ1n) is 5.42. The Labute approximate surface area is 106 Å². The van der Waals surface area contributed by atoms with E-state index in [1.165, 1.54) is 28.0 Å². The van der Waals surface area contributed by atoms with Crippen LogP contribution in [-0.4, -0.2) is 5.75 Å². The Kier molecular flexibility index (Phi) is 5.20. The van der Waals surface area contributed by atoms with Crippen molar-refractivity contribution in [3.05, 3.63) is 28.7 Å². The average molecular weight is 287 g/mol. The third-order valence-corrected chi connectivity index (χ3v) is 4.93. The SMILES string of the molecule is CCCC(C)(C)CSc1ccccc1Br. The number of benzene rings is 1. The fourth-order valence-corrected chi connectivity index (χ4v) is 3.28. The van der Waals surface area contributed by atoms with E-state index >= 15 is 0 Å². The predicted molar refractivity (Wildman–Crippen MR) is 73.6 cm³/mol. The van der Waals surface area contributed by atoms with Gasteiger partial charge in [-0.3, -0.25) is 0 Å². The molecule has 0 bridgehead atoms. The molecule has 15 heavy (non-hydrogen) atoms. The molecule has 0 aromatic heterocycles. The number of halogens is 1. The highest BCUT2D eigenvalue weighted by Crippen LogP contribution is 2.34. The zero-order chi connectivity index (χ0) is 11.3. The van der Waals surface area contributed by atoms with E-state index in [1.54, 1.807) is 0 Å². The summed E-state index contributed by atoms with van der Waals surface area (Å²) in [5.74, 6) is 1.18. The molecule has 0 spiro atoms. The highest BCUT2D eigenvalue weighted by Gasteiger charge is 2.17. The molecule has 0 aliphatic rings. The minimum Gasteiger partial charge on any atom is -0.124 e. The minimum atomic E-state index is 0.439. The van der Waals surface area contributed by atoms with Gasteiger partial charge in [-0.05, 0) is 39.9 Å². The Hall–Kier alpha value is 0.0500. The highest BCUT2D eigenvalue weighted by molar-refractivity contribution is 9.10. The van der Waals surface area contributed by atoms with E-state index < -0.39 is 0 Å². The van der Waals surface area contributed by atoms with Crippen molar-refractivity contribution in [2.24, 2.45) is 5.41 Å². The van der Waals surface area contributed by atoms with Crippen LogP contribution in [0.2, 0.25) is 0 Å². The fraction of sp³-hybridized carbons (Fsp3) is 0.538. The van der Waals surface area contributed by atoms with Gasteiger partial charge in [0.25, 0.3) is 0 Å². The lowest BCUT2D eigenvalue weighted by atomic mass is 9.91. The van der Waals surface area contributed by atoms with Crippen LogP contribution in [0.25, 0.3) is 0 Å². The van der Waals surface area contributed by atoms with Gasteiger partial charge in [-0.15, -0.1) is 11.8 Å². The van der Waals surface area contributed by atoms with Gasteiger partial charge in [-0.1, -0.05) is 39.3 Å². The zero-order valence-corrected chi connectivity index (χ0v) is 12.1. The number of hydrogen-bond donors (Lipinski definition) is 0. The van der Waals surface area contributed by atoms with Crippen molar-refractivity contribution in [3.8, 4) is 0 Å². The molecule has 2 heteroatoms. The molecule has 0 fully saturated rings. The zero-order valence-electron chi connectivity index (χ0n) is 9.72. The van der Waals surface area contributed by atoms with Crippen LogP contribution in [0.15, 0.2) is 33.6 Å². The molecule has 1 aromatic carbocycles. The molecular formula is C13H19BrS. The molecule has 1 aromatic rings. The van der Waals surface area contributed by atoms with Gasteiger partial charge >= 0.3 is 0 Å². The molecule has 0 radical (unpaired) electrons. The lowest BCUT2D eigenvalue weighted by Gasteiger charge is -2.23. The van der Waals surface area contributed by atoms with Gasteiger partial charge in [0, 0.05) is 15.1 Å². The maximum absolute atomic E-state index is 3.58. The Morgan fingerprint density at radius 1 is 1.27 bits per heavy atom. The van der Waals surface area contributed by atoms with Gasteiger partial charge < -0.3 is 0 Å². The van der Waals surface area contributed by atoms with Gasteiger partial charge in [0.05, 0.1) is 0 Å². The van der Waals surface area contributed by atoms with Crippen molar-refractivity contribution in [3.63, 3.8) is 0 Å². The standard InChI is InChI=1S/C13H19BrS/c1-4-9-13(2,3)10-15-12-8-6-5-7-11(12)14/h5-8H,4,9-10H2,1-3H3. The Morgan fingerprint density at radius 3 is 2.53 bits per heavy atom. The maximum Gasteiger partial charge on any atom is 0.0311 e. The molecule has 0 aliphatic heterocycles. The lowest BCUT2D eigenvalue weighted by molar-refractivity contribution is 0.382. The summed E-state index contributed by atoms with van der Waals surface area (Å²) in [6.45, 7) is 6.95. The molecule has 0 N–H and O–H groups in total. The first-order chi connectivity index (χ1) is 7.05. The summed E-state index contributed by atoms with van der Waals surface area (Å²) >= 11 is 5.53. The quantitative estimate of drug-likeness (QED) is 0.656. The van der Waals surface area contributed by atoms with Gasteiger partial charge in [-0.25, -0.2) is 0 Å². The summed E-state index contributed by atoms with van der Waals surface area (Å²) in [7, 11) is 0. The van der Waals surface area contributed by atoms with E-state index in [-0.39, 0.29) is 0 Å². The van der Waals surface area contributed by atoms with Crippen LogP contribution in [0.3, 0.4) is 0 Å². The van der Waals surface area contributed by atoms with E-state index in [1.807, 2.05) is 11.8 Å². The minimum absolute atomic E-state index is 0.439. The van der Waals surface area contributed by atoms with E-state index in [2.05, 4.69) is 61.0 Å². The normalized spacial score (nSPS) is 11.7. The molecule has 0 atom stereocenters. The smallest absolute Gasteiger partial charge is 0.0311 e. The topological polar surface area (TPSA) is 0 Å². The second kappa shape index (κ2) is 5.95. The first kappa shape index (κ1) is 13.1. The summed E-state index contributed by atoms with van der Waals surface area (Å²) in [4.78, 5) is 1.35. The summed E-state index contributed by atoms with van der Waals surface area (Å²) < 4.78 is 1.21. The second-order valence-electron chi connectivity index (χ2n) is 4.63. The summed E-state index contributed by atoms with van der Waals surface area (Å²) in [5.41, 5.74) is 0.439. The molecule has 0 unspecified atom stereocenters. The van der Waals surface area contributed by atoms with Crippen LogP contribution in [0.4, 0.5) is 0 Å². The molecule has 0 amide bonds. The molecule has 0 saturated heterocycles. The number of hydrogen-bond acceptors (Lipinski definition) is 1. The molecule has 0 saturated carbocycles. The summed E-state index contributed by atoms with van der Waals surface area (Å²) in [6, 6.07) is 8.44. The number of thioether (sulfide) groups is 1. The van der Waals surface area contributed by atoms with E-state index in [0.717, 1.165) is 0 Å². The fourth-order valence-electron chi connectivity index (χ4n) is 1.58. The van der Waals surface area contributed by atoms with Gasteiger partial charge in [-0.2, -0.15) is 0 Å².